The fraction of sp³-hybridized carbons (Fsp3) is 0.519. The molecule has 1 aromatic carbocycles. The number of aromatic nitrogens is 6. The van der Waals surface area contributed by atoms with Crippen LogP contribution in [0.25, 0.3) is 16.7 Å². The van der Waals surface area contributed by atoms with Gasteiger partial charge in [0.25, 0.3) is 0 Å². The lowest BCUT2D eigenvalue weighted by Gasteiger charge is -2.27. The number of benzene rings is 1. The second-order valence-corrected chi connectivity index (χ2v) is 17.9. The number of nitrogens with one attached hydrogen (secondary N) is 2. The summed E-state index contributed by atoms with van der Waals surface area (Å²) in [6.45, 7) is 11.6. The van der Waals surface area contributed by atoms with Crippen molar-refractivity contribution in [2.45, 2.75) is 51.8 Å². The Morgan fingerprint density at radius 2 is 2.00 bits per heavy atom. The highest BCUT2D eigenvalue weighted by Crippen LogP contribution is 2.25. The summed E-state index contributed by atoms with van der Waals surface area (Å²) in [6.07, 6.45) is 2.08. The Bertz CT molecular complexity index is 1530. The van der Waals surface area contributed by atoms with Crippen LogP contribution in [0.1, 0.15) is 17.8 Å². The minimum Gasteiger partial charge on any atom is -0.465 e. The maximum absolute atomic E-state index is 10.9. The number of rotatable bonds is 13. The maximum atomic E-state index is 10.9. The molecule has 226 valence electrons. The van der Waals surface area contributed by atoms with Crippen LogP contribution in [0.3, 0.4) is 0 Å². The van der Waals surface area contributed by atoms with Gasteiger partial charge in [-0.3, -0.25) is 0 Å². The molecule has 3 aromatic heterocycles. The van der Waals surface area contributed by atoms with Gasteiger partial charge in [0.15, 0.2) is 5.65 Å². The van der Waals surface area contributed by atoms with Crippen LogP contribution in [0.4, 0.5) is 16.7 Å². The fourth-order valence-electron chi connectivity index (χ4n) is 4.76. The lowest BCUT2D eigenvalue weighted by molar-refractivity contribution is 0.0880. The number of hydrogen-bond acceptors (Lipinski definition) is 9. The molecule has 0 unspecified atom stereocenters. The van der Waals surface area contributed by atoms with E-state index >= 15 is 0 Å². The Balaban J connectivity index is 1.42. The molecule has 1 aliphatic heterocycles. The molecule has 1 fully saturated rings. The Hall–Kier alpha value is -3.27. The summed E-state index contributed by atoms with van der Waals surface area (Å²) < 4.78 is 16.3. The minimum atomic E-state index is -1.24. The van der Waals surface area contributed by atoms with Gasteiger partial charge in [0, 0.05) is 34.3 Å². The van der Waals surface area contributed by atoms with E-state index in [-0.39, 0.29) is 0 Å². The Morgan fingerprint density at radius 3 is 2.76 bits per heavy atom. The molecule has 15 heteroatoms. The van der Waals surface area contributed by atoms with Gasteiger partial charge < -0.3 is 34.7 Å². The standard InChI is InChI=1S/C27H38BrN9O4Si/c1-42(2,3)15-14-41-18-36-21-8-4-6-19(7-5-9-29-27(38)39)23(21)32-22(36)17-30-25-34-26(35-10-12-40-13-11-35)33-24-20(28)16-31-37(24)25/h4,6,8,16,29H,5,7,9-15,17-18H2,1-3H3,(H,38,39)(H,30,33,34). The monoisotopic (exact) mass is 659 g/mol. The van der Waals surface area contributed by atoms with Crippen LogP contribution in [0.5, 0.6) is 0 Å². The van der Waals surface area contributed by atoms with Crippen LogP contribution in [-0.2, 0) is 29.2 Å². The molecular weight excluding hydrogens is 622 g/mol. The van der Waals surface area contributed by atoms with Crippen molar-refractivity contribution in [2.24, 2.45) is 0 Å². The number of amides is 1. The van der Waals surface area contributed by atoms with Gasteiger partial charge in [-0.2, -0.15) is 19.6 Å². The van der Waals surface area contributed by atoms with E-state index in [0.29, 0.717) is 70.0 Å². The normalized spacial score (nSPS) is 14.1. The third-order valence-electron chi connectivity index (χ3n) is 7.07. The smallest absolute Gasteiger partial charge is 0.404 e. The van der Waals surface area contributed by atoms with Crippen molar-refractivity contribution in [3.05, 3.63) is 40.3 Å². The molecule has 0 radical (unpaired) electrons. The van der Waals surface area contributed by atoms with E-state index in [9.17, 15) is 4.79 Å². The van der Waals surface area contributed by atoms with E-state index in [1.165, 1.54) is 0 Å². The van der Waals surface area contributed by atoms with Gasteiger partial charge in [0.1, 0.15) is 12.6 Å². The van der Waals surface area contributed by atoms with E-state index < -0.39 is 14.2 Å². The van der Waals surface area contributed by atoms with Crippen molar-refractivity contribution < 1.29 is 19.4 Å². The van der Waals surface area contributed by atoms with Crippen molar-refractivity contribution in [1.82, 2.24) is 34.4 Å². The number of carboxylic acid groups (broad SMARTS) is 1. The average molecular weight is 661 g/mol. The number of carbonyl (C=O) groups is 1. The van der Waals surface area contributed by atoms with Gasteiger partial charge in [-0.25, -0.2) is 9.78 Å². The summed E-state index contributed by atoms with van der Waals surface area (Å²) >= 11 is 3.57. The lowest BCUT2D eigenvalue weighted by Crippen LogP contribution is -2.37. The molecule has 0 atom stereocenters. The zero-order valence-corrected chi connectivity index (χ0v) is 26.9. The van der Waals surface area contributed by atoms with E-state index in [4.69, 9.17) is 29.5 Å². The number of hydrogen-bond donors (Lipinski definition) is 3. The number of ether oxygens (including phenoxy) is 2. The minimum absolute atomic E-state index is 0.382. The number of morpholine rings is 1. The highest BCUT2D eigenvalue weighted by molar-refractivity contribution is 9.10. The maximum Gasteiger partial charge on any atom is 0.404 e. The molecule has 42 heavy (non-hydrogen) atoms. The van der Waals surface area contributed by atoms with Crippen molar-refractivity contribution in [1.29, 1.82) is 0 Å². The van der Waals surface area contributed by atoms with Crippen molar-refractivity contribution in [2.75, 3.05) is 49.7 Å². The van der Waals surface area contributed by atoms with Crippen LogP contribution < -0.4 is 15.5 Å². The molecule has 5 rings (SSSR count). The molecule has 13 nitrogen and oxygen atoms in total. The second kappa shape index (κ2) is 13.4. The fourth-order valence-corrected chi connectivity index (χ4v) is 5.86. The molecule has 4 aromatic rings. The summed E-state index contributed by atoms with van der Waals surface area (Å²) in [5, 5.41) is 19.3. The quantitative estimate of drug-likeness (QED) is 0.141. The first-order valence-electron chi connectivity index (χ1n) is 14.2. The summed E-state index contributed by atoms with van der Waals surface area (Å²) in [7, 11) is -1.24. The molecule has 0 saturated carbocycles. The first-order chi connectivity index (χ1) is 20.2. The number of aryl methyl sites for hydroxylation is 1. The SMILES string of the molecule is C[Si](C)(C)CCOCn1c(CNc2nc(N3CCOCC3)nc3c(Br)cnn23)nc2c(CCCNC(=O)O)cccc21. The van der Waals surface area contributed by atoms with Gasteiger partial charge in [-0.1, -0.05) is 31.8 Å². The zero-order valence-electron chi connectivity index (χ0n) is 24.3. The predicted molar refractivity (Wildman–Crippen MR) is 167 cm³/mol. The molecule has 4 heterocycles. The largest absolute Gasteiger partial charge is 0.465 e. The number of anilines is 2. The van der Waals surface area contributed by atoms with E-state index in [0.717, 1.165) is 46.0 Å². The number of imidazole rings is 1. The van der Waals surface area contributed by atoms with Crippen molar-refractivity contribution in [3.8, 4) is 0 Å². The van der Waals surface area contributed by atoms with Crippen molar-refractivity contribution >= 4 is 58.7 Å². The molecule has 3 N–H and O–H groups in total. The Labute approximate surface area is 253 Å². The second-order valence-electron chi connectivity index (χ2n) is 11.5. The van der Waals surface area contributed by atoms with Crippen LogP contribution in [0, 0.1) is 0 Å². The first-order valence-corrected chi connectivity index (χ1v) is 18.7. The van der Waals surface area contributed by atoms with E-state index in [1.54, 1.807) is 10.7 Å². The first kappa shape index (κ1) is 30.2. The molecular formula is C27H38BrN9O4Si. The highest BCUT2D eigenvalue weighted by atomic mass is 79.9. The number of halogens is 1. The summed E-state index contributed by atoms with van der Waals surface area (Å²) in [5.74, 6) is 1.99. The van der Waals surface area contributed by atoms with Gasteiger partial charge in [-0.05, 0) is 46.4 Å². The van der Waals surface area contributed by atoms with Gasteiger partial charge >= 0.3 is 6.09 Å². The molecule has 1 saturated heterocycles. The molecule has 0 spiro atoms. The summed E-state index contributed by atoms with van der Waals surface area (Å²) in [5.41, 5.74) is 3.61. The van der Waals surface area contributed by atoms with Gasteiger partial charge in [0.2, 0.25) is 11.9 Å². The van der Waals surface area contributed by atoms with Crippen LogP contribution >= 0.6 is 15.9 Å². The highest BCUT2D eigenvalue weighted by Gasteiger charge is 2.20. The number of nitrogens with zero attached hydrogens (tertiary/aromatic N) is 7. The summed E-state index contributed by atoms with van der Waals surface area (Å²) in [6, 6.07) is 7.19. The molecule has 0 bridgehead atoms. The van der Waals surface area contributed by atoms with Gasteiger partial charge in [-0.15, -0.1) is 0 Å². The average Bonchev–Trinajstić information content (AvgIpc) is 3.52. The number of fused-ring (bicyclic) bond motifs is 2. The van der Waals surface area contributed by atoms with Crippen molar-refractivity contribution in [3.63, 3.8) is 0 Å². The Kier molecular flexibility index (Phi) is 9.60. The van der Waals surface area contributed by atoms with E-state index in [1.807, 2.05) is 12.1 Å². The lowest BCUT2D eigenvalue weighted by atomic mass is 10.1. The summed E-state index contributed by atoms with van der Waals surface area (Å²) in [4.78, 5) is 27.6. The third-order valence-corrected chi connectivity index (χ3v) is 9.33. The van der Waals surface area contributed by atoms with Gasteiger partial charge in [0.05, 0.1) is 41.5 Å². The third kappa shape index (κ3) is 7.38. The Morgan fingerprint density at radius 1 is 1.19 bits per heavy atom. The van der Waals surface area contributed by atoms with E-state index in [2.05, 4.69) is 66.8 Å². The number of para-hydroxylation sites is 1. The topological polar surface area (TPSA) is 144 Å². The zero-order chi connectivity index (χ0) is 29.7. The predicted octanol–water partition coefficient (Wildman–Crippen LogP) is 4.20. The van der Waals surface area contributed by atoms with Crippen LogP contribution in [0.2, 0.25) is 25.7 Å². The molecule has 1 aliphatic rings. The van der Waals surface area contributed by atoms with Crippen LogP contribution in [-0.4, -0.2) is 87.9 Å². The molecule has 0 aliphatic carbocycles. The van der Waals surface area contributed by atoms with Crippen LogP contribution in [0.15, 0.2) is 28.9 Å². The molecule has 1 amide bonds.